The quantitative estimate of drug-likeness (QED) is 0.759. The van der Waals surface area contributed by atoms with Gasteiger partial charge >= 0.3 is 0 Å². The van der Waals surface area contributed by atoms with Crippen molar-refractivity contribution in [3.63, 3.8) is 0 Å². The molecule has 0 radical (unpaired) electrons. The van der Waals surface area contributed by atoms with Gasteiger partial charge in [-0.25, -0.2) is 0 Å². The zero-order valence-electron chi connectivity index (χ0n) is 10.2. The molecule has 0 unspecified atom stereocenters. The van der Waals surface area contributed by atoms with Gasteiger partial charge in [-0.15, -0.1) is 0 Å². The molecule has 0 aromatic heterocycles. The topological polar surface area (TPSA) is 40.5 Å². The summed E-state index contributed by atoms with van der Waals surface area (Å²) in [4.78, 5) is 14.2. The van der Waals surface area contributed by atoms with Gasteiger partial charge in [-0.3, -0.25) is 9.69 Å². The normalized spacial score (nSPS) is 15.2. The number of aliphatic hydroxyl groups is 1. The minimum Gasteiger partial charge on any atom is -0.395 e. The molecule has 0 amide bonds. The lowest BCUT2D eigenvalue weighted by atomic mass is 10.1. The van der Waals surface area contributed by atoms with Crippen molar-refractivity contribution in [3.8, 4) is 0 Å². The second-order valence-corrected chi connectivity index (χ2v) is 4.72. The summed E-state index contributed by atoms with van der Waals surface area (Å²) in [7, 11) is 0. The molecular formula is C14H19NO2. The minimum atomic E-state index is 0.123. The molecule has 0 bridgehead atoms. The molecule has 0 saturated heterocycles. The van der Waals surface area contributed by atoms with Crippen molar-refractivity contribution in [2.45, 2.75) is 25.8 Å². The molecule has 17 heavy (non-hydrogen) atoms. The lowest BCUT2D eigenvalue weighted by Crippen LogP contribution is -2.34. The summed E-state index contributed by atoms with van der Waals surface area (Å²) in [6.45, 7) is 3.14. The molecule has 0 spiro atoms. The molecule has 0 atom stereocenters. The van der Waals surface area contributed by atoms with E-state index in [1.807, 2.05) is 31.2 Å². The first kappa shape index (κ1) is 12.3. The van der Waals surface area contributed by atoms with Crippen molar-refractivity contribution in [2.24, 2.45) is 0 Å². The number of ketones is 1. The number of hydrogen-bond acceptors (Lipinski definition) is 3. The zero-order valence-corrected chi connectivity index (χ0v) is 10.2. The second kappa shape index (κ2) is 5.43. The van der Waals surface area contributed by atoms with Crippen LogP contribution in [0.5, 0.6) is 0 Å². The molecule has 0 aliphatic heterocycles. The van der Waals surface area contributed by atoms with Crippen molar-refractivity contribution in [1.82, 2.24) is 4.90 Å². The van der Waals surface area contributed by atoms with Crippen LogP contribution in [0.2, 0.25) is 0 Å². The van der Waals surface area contributed by atoms with Crippen LogP contribution in [-0.4, -0.2) is 41.5 Å². The highest BCUT2D eigenvalue weighted by atomic mass is 16.3. The highest BCUT2D eigenvalue weighted by Crippen LogP contribution is 2.26. The summed E-state index contributed by atoms with van der Waals surface area (Å²) in [5.41, 5.74) is 1.88. The van der Waals surface area contributed by atoms with E-state index in [1.165, 1.54) is 0 Å². The van der Waals surface area contributed by atoms with E-state index in [9.17, 15) is 4.79 Å². The minimum absolute atomic E-state index is 0.123. The molecule has 1 N–H and O–H groups in total. The van der Waals surface area contributed by atoms with Gasteiger partial charge in [0.05, 0.1) is 13.2 Å². The van der Waals surface area contributed by atoms with Crippen molar-refractivity contribution in [1.29, 1.82) is 0 Å². The lowest BCUT2D eigenvalue weighted by molar-refractivity contribution is 0.0907. The monoisotopic (exact) mass is 233 g/mol. The van der Waals surface area contributed by atoms with Crippen LogP contribution in [0.15, 0.2) is 24.3 Å². The van der Waals surface area contributed by atoms with Crippen LogP contribution in [-0.2, 0) is 0 Å². The highest BCUT2D eigenvalue weighted by molar-refractivity contribution is 5.97. The Balaban J connectivity index is 1.99. The number of nitrogens with zero attached hydrogens (tertiary/aromatic N) is 1. The number of rotatable bonds is 6. The van der Waals surface area contributed by atoms with E-state index in [2.05, 4.69) is 4.90 Å². The Bertz CT molecular complexity index is 399. The molecule has 0 heterocycles. The third-order valence-corrected chi connectivity index (χ3v) is 3.14. The maximum atomic E-state index is 12.1. The molecule has 92 valence electrons. The number of hydrogen-bond donors (Lipinski definition) is 1. The van der Waals surface area contributed by atoms with E-state index >= 15 is 0 Å². The average molecular weight is 233 g/mol. The zero-order chi connectivity index (χ0) is 12.3. The first-order valence-electron chi connectivity index (χ1n) is 6.15. The van der Waals surface area contributed by atoms with E-state index < -0.39 is 0 Å². The third kappa shape index (κ3) is 3.38. The summed E-state index contributed by atoms with van der Waals surface area (Å²) in [5.74, 6) is 0.147. The molecule has 1 aliphatic rings. The van der Waals surface area contributed by atoms with Crippen molar-refractivity contribution >= 4 is 5.78 Å². The van der Waals surface area contributed by atoms with Crippen molar-refractivity contribution in [3.05, 3.63) is 35.4 Å². The molecule has 3 nitrogen and oxygen atoms in total. The average Bonchev–Trinajstić information content (AvgIpc) is 3.12. The van der Waals surface area contributed by atoms with Crippen molar-refractivity contribution < 1.29 is 9.90 Å². The number of carbonyl (C=O) groups is 1. The summed E-state index contributed by atoms with van der Waals surface area (Å²) in [5, 5.41) is 8.99. The molecule has 1 fully saturated rings. The van der Waals surface area contributed by atoms with Crippen LogP contribution in [0, 0.1) is 6.92 Å². The summed E-state index contributed by atoms with van der Waals surface area (Å²) >= 11 is 0. The van der Waals surface area contributed by atoms with Crippen LogP contribution in [0.3, 0.4) is 0 Å². The number of carbonyl (C=O) groups excluding carboxylic acids is 1. The Morgan fingerprint density at radius 3 is 2.82 bits per heavy atom. The van der Waals surface area contributed by atoms with Gasteiger partial charge < -0.3 is 5.11 Å². The maximum absolute atomic E-state index is 12.1. The van der Waals surface area contributed by atoms with Crippen LogP contribution in [0.25, 0.3) is 0 Å². The Kier molecular flexibility index (Phi) is 3.92. The summed E-state index contributed by atoms with van der Waals surface area (Å²) in [6.07, 6.45) is 2.31. The number of aryl methyl sites for hydroxylation is 1. The fourth-order valence-corrected chi connectivity index (χ4v) is 2.05. The van der Waals surface area contributed by atoms with Gasteiger partial charge in [-0.2, -0.15) is 0 Å². The molecule has 1 aliphatic carbocycles. The van der Waals surface area contributed by atoms with Gasteiger partial charge in [0.1, 0.15) is 0 Å². The van der Waals surface area contributed by atoms with Gasteiger partial charge in [0, 0.05) is 18.2 Å². The first-order chi connectivity index (χ1) is 8.20. The van der Waals surface area contributed by atoms with Crippen LogP contribution in [0.4, 0.5) is 0 Å². The summed E-state index contributed by atoms with van der Waals surface area (Å²) in [6, 6.07) is 8.20. The molecular weight excluding hydrogens is 214 g/mol. The SMILES string of the molecule is Cc1cccc(C(=O)CN(CCO)C2CC2)c1. The Morgan fingerprint density at radius 2 is 2.24 bits per heavy atom. The van der Waals surface area contributed by atoms with Crippen LogP contribution in [0.1, 0.15) is 28.8 Å². The van der Waals surface area contributed by atoms with E-state index in [1.54, 1.807) is 0 Å². The molecule has 1 saturated carbocycles. The Hall–Kier alpha value is -1.19. The predicted octanol–water partition coefficient (Wildman–Crippen LogP) is 1.63. The predicted molar refractivity (Wildman–Crippen MR) is 67.2 cm³/mol. The standard InChI is InChI=1S/C14H19NO2/c1-11-3-2-4-12(9-11)14(17)10-15(7-8-16)13-5-6-13/h2-4,9,13,16H,5-8,10H2,1H3. The number of benzene rings is 1. The molecule has 3 heteroatoms. The Labute approximate surface area is 102 Å². The van der Waals surface area contributed by atoms with E-state index in [0.29, 0.717) is 19.1 Å². The van der Waals surface area contributed by atoms with Gasteiger partial charge in [-0.1, -0.05) is 23.8 Å². The molecule has 2 rings (SSSR count). The third-order valence-electron chi connectivity index (χ3n) is 3.14. The van der Waals surface area contributed by atoms with Gasteiger partial charge in [-0.05, 0) is 25.8 Å². The van der Waals surface area contributed by atoms with Gasteiger partial charge in [0.2, 0.25) is 0 Å². The van der Waals surface area contributed by atoms with E-state index in [-0.39, 0.29) is 12.4 Å². The van der Waals surface area contributed by atoms with Gasteiger partial charge in [0.15, 0.2) is 5.78 Å². The van der Waals surface area contributed by atoms with Crippen LogP contribution < -0.4 is 0 Å². The Morgan fingerprint density at radius 1 is 1.47 bits per heavy atom. The second-order valence-electron chi connectivity index (χ2n) is 4.72. The lowest BCUT2D eigenvalue weighted by Gasteiger charge is -2.19. The number of aliphatic hydroxyl groups excluding tert-OH is 1. The van der Waals surface area contributed by atoms with Crippen molar-refractivity contribution in [2.75, 3.05) is 19.7 Å². The van der Waals surface area contributed by atoms with Crippen LogP contribution >= 0.6 is 0 Å². The maximum Gasteiger partial charge on any atom is 0.176 e. The van der Waals surface area contributed by atoms with Gasteiger partial charge in [0.25, 0.3) is 0 Å². The van der Waals surface area contributed by atoms with E-state index in [0.717, 1.165) is 24.0 Å². The van der Waals surface area contributed by atoms with E-state index in [4.69, 9.17) is 5.11 Å². The number of Topliss-reactive ketones (excluding diaryl/α,β-unsaturated/α-hetero) is 1. The summed E-state index contributed by atoms with van der Waals surface area (Å²) < 4.78 is 0. The largest absolute Gasteiger partial charge is 0.395 e. The fraction of sp³-hybridized carbons (Fsp3) is 0.500. The molecule has 1 aromatic carbocycles. The smallest absolute Gasteiger partial charge is 0.176 e. The fourth-order valence-electron chi connectivity index (χ4n) is 2.05. The highest BCUT2D eigenvalue weighted by Gasteiger charge is 2.29. The first-order valence-corrected chi connectivity index (χ1v) is 6.15. The molecule has 1 aromatic rings.